The summed E-state index contributed by atoms with van der Waals surface area (Å²) in [4.78, 5) is 12.4. The normalized spacial score (nSPS) is 10.5. The molecule has 0 fully saturated rings. The van der Waals surface area contributed by atoms with Crippen LogP contribution in [0.5, 0.6) is 0 Å². The fourth-order valence-electron chi connectivity index (χ4n) is 2.98. The van der Waals surface area contributed by atoms with Gasteiger partial charge in [0.05, 0.1) is 6.57 Å². The monoisotopic (exact) mass is 351 g/mol. The molecule has 0 aliphatic rings. The largest absolute Gasteiger partial charge is 0.460 e. The number of furan rings is 1. The number of fused-ring (bicyclic) bond motifs is 1. The van der Waals surface area contributed by atoms with Gasteiger partial charge in [-0.15, -0.1) is 0 Å². The molecule has 0 saturated carbocycles. The Balaban J connectivity index is 1.99. The lowest BCUT2D eigenvalue weighted by Gasteiger charge is -2.10. The lowest BCUT2D eigenvalue weighted by molar-refractivity contribution is 0.546. The molecule has 6 heteroatoms. The Hall–Kier alpha value is -4.16. The van der Waals surface area contributed by atoms with Crippen LogP contribution in [0.25, 0.3) is 38.3 Å². The van der Waals surface area contributed by atoms with Crippen LogP contribution in [0.4, 0.5) is 11.5 Å². The summed E-state index contributed by atoms with van der Waals surface area (Å²) in [5.74, 6) is 1.32. The molecule has 0 aliphatic heterocycles. The van der Waals surface area contributed by atoms with Crippen molar-refractivity contribution in [2.24, 2.45) is 0 Å². The van der Waals surface area contributed by atoms with E-state index in [9.17, 15) is 5.26 Å². The maximum Gasteiger partial charge on any atom is 0.194 e. The lowest BCUT2D eigenvalue weighted by Crippen LogP contribution is -2.02. The van der Waals surface area contributed by atoms with E-state index < -0.39 is 0 Å². The first kappa shape index (κ1) is 16.3. The summed E-state index contributed by atoms with van der Waals surface area (Å²) < 4.78 is 5.70. The van der Waals surface area contributed by atoms with Crippen LogP contribution < -0.4 is 5.73 Å². The zero-order chi connectivity index (χ0) is 19.0. The highest BCUT2D eigenvalue weighted by Crippen LogP contribution is 2.35. The number of aryl methyl sites for hydroxylation is 1. The number of nitrogens with zero attached hydrogens (tertiary/aromatic N) is 4. The summed E-state index contributed by atoms with van der Waals surface area (Å²) in [7, 11) is 0. The van der Waals surface area contributed by atoms with E-state index in [1.54, 1.807) is 12.1 Å². The Morgan fingerprint density at radius 3 is 2.67 bits per heavy atom. The van der Waals surface area contributed by atoms with Crippen LogP contribution in [0, 0.1) is 24.8 Å². The van der Waals surface area contributed by atoms with Gasteiger partial charge in [-0.05, 0) is 35.9 Å². The van der Waals surface area contributed by atoms with Crippen LogP contribution in [-0.2, 0) is 0 Å². The predicted octanol–water partition coefficient (Wildman–Crippen LogP) is 4.87. The van der Waals surface area contributed by atoms with Crippen molar-refractivity contribution < 1.29 is 4.42 Å². The summed E-state index contributed by atoms with van der Waals surface area (Å²) in [5, 5.41) is 11.1. The molecule has 4 rings (SSSR count). The molecule has 6 nitrogen and oxygen atoms in total. The molecule has 128 valence electrons. The van der Waals surface area contributed by atoms with E-state index in [-0.39, 0.29) is 11.5 Å². The molecular weight excluding hydrogens is 338 g/mol. The molecule has 0 bridgehead atoms. The van der Waals surface area contributed by atoms with Gasteiger partial charge in [0.25, 0.3) is 0 Å². The van der Waals surface area contributed by atoms with Gasteiger partial charge in [0.1, 0.15) is 23.2 Å². The van der Waals surface area contributed by atoms with Gasteiger partial charge in [0.2, 0.25) is 0 Å². The van der Waals surface area contributed by atoms with Crippen molar-refractivity contribution >= 4 is 22.3 Å². The van der Waals surface area contributed by atoms with Gasteiger partial charge in [-0.1, -0.05) is 30.3 Å². The van der Waals surface area contributed by atoms with Gasteiger partial charge in [-0.2, -0.15) is 5.26 Å². The van der Waals surface area contributed by atoms with Crippen molar-refractivity contribution in [1.29, 1.82) is 5.26 Å². The van der Waals surface area contributed by atoms with Crippen LogP contribution >= 0.6 is 0 Å². The molecule has 4 aromatic rings. The van der Waals surface area contributed by atoms with Gasteiger partial charge in [0.15, 0.2) is 23.0 Å². The van der Waals surface area contributed by atoms with Crippen LogP contribution in [0.1, 0.15) is 11.5 Å². The van der Waals surface area contributed by atoms with Gasteiger partial charge in [-0.25, -0.2) is 14.8 Å². The van der Waals surface area contributed by atoms with E-state index in [0.29, 0.717) is 22.8 Å². The van der Waals surface area contributed by atoms with E-state index in [2.05, 4.69) is 14.8 Å². The van der Waals surface area contributed by atoms with Crippen LogP contribution in [0.3, 0.4) is 0 Å². The van der Waals surface area contributed by atoms with E-state index in [4.69, 9.17) is 16.7 Å². The Morgan fingerprint density at radius 1 is 1.11 bits per heavy atom. The molecule has 2 aromatic heterocycles. The summed E-state index contributed by atoms with van der Waals surface area (Å²) in [6.07, 6.45) is 0. The minimum absolute atomic E-state index is 0.0568. The first-order valence-electron chi connectivity index (χ1n) is 8.15. The predicted molar refractivity (Wildman–Crippen MR) is 103 cm³/mol. The average molecular weight is 351 g/mol. The molecule has 0 saturated heterocycles. The number of hydrogen-bond donors (Lipinski definition) is 1. The maximum absolute atomic E-state index is 9.31. The molecule has 0 spiro atoms. The van der Waals surface area contributed by atoms with Crippen molar-refractivity contribution in [3.8, 4) is 28.8 Å². The molecule has 27 heavy (non-hydrogen) atoms. The van der Waals surface area contributed by atoms with Crippen molar-refractivity contribution in [3.05, 3.63) is 71.4 Å². The molecule has 0 unspecified atom stereocenters. The average Bonchev–Trinajstić information content (AvgIpc) is 3.13. The van der Waals surface area contributed by atoms with Crippen molar-refractivity contribution in [3.63, 3.8) is 0 Å². The van der Waals surface area contributed by atoms with E-state index >= 15 is 0 Å². The number of nitrogens with two attached hydrogens (primary N) is 1. The van der Waals surface area contributed by atoms with Gasteiger partial charge in [0, 0.05) is 5.56 Å². The summed E-state index contributed by atoms with van der Waals surface area (Å²) in [6, 6.07) is 16.8. The highest BCUT2D eigenvalue weighted by Gasteiger charge is 2.18. The van der Waals surface area contributed by atoms with Crippen LogP contribution in [0.2, 0.25) is 0 Å². The maximum atomic E-state index is 9.31. The Bertz CT molecular complexity index is 1270. The molecule has 0 amide bonds. The molecule has 2 heterocycles. The van der Waals surface area contributed by atoms with E-state index in [1.807, 2.05) is 49.4 Å². The minimum Gasteiger partial charge on any atom is -0.460 e. The third-order valence-electron chi connectivity index (χ3n) is 4.25. The quantitative estimate of drug-likeness (QED) is 0.520. The number of nitrogen functional groups attached to an aromatic ring is 1. The van der Waals surface area contributed by atoms with Crippen molar-refractivity contribution in [2.75, 3.05) is 5.73 Å². The second-order valence-electron chi connectivity index (χ2n) is 6.00. The molecule has 0 atom stereocenters. The van der Waals surface area contributed by atoms with E-state index in [0.717, 1.165) is 22.1 Å². The molecule has 2 N–H and O–H groups in total. The highest BCUT2D eigenvalue weighted by molar-refractivity contribution is 5.97. The number of benzene rings is 2. The standard InChI is InChI=1S/C21H13N5O/c1-12-6-9-18(27-12)20-19(25-17(11-22)21(23)26-20)14-7-8-15-13(10-14)4-3-5-16(15)24-2/h3-10H,1H3,(H2,23,26). The number of anilines is 1. The summed E-state index contributed by atoms with van der Waals surface area (Å²) in [6.45, 7) is 9.15. The highest BCUT2D eigenvalue weighted by atomic mass is 16.3. The third kappa shape index (κ3) is 2.76. The Labute approximate surface area is 155 Å². The fourth-order valence-corrected chi connectivity index (χ4v) is 2.98. The Kier molecular flexibility index (Phi) is 3.80. The van der Waals surface area contributed by atoms with Crippen molar-refractivity contribution in [2.45, 2.75) is 6.92 Å². The van der Waals surface area contributed by atoms with Crippen LogP contribution in [0.15, 0.2) is 52.9 Å². The zero-order valence-corrected chi connectivity index (χ0v) is 14.4. The topological polar surface area (TPSA) is 93.1 Å². The number of hydrogen-bond acceptors (Lipinski definition) is 5. The summed E-state index contributed by atoms with van der Waals surface area (Å²) >= 11 is 0. The Morgan fingerprint density at radius 2 is 1.96 bits per heavy atom. The van der Waals surface area contributed by atoms with Crippen molar-refractivity contribution in [1.82, 2.24) is 9.97 Å². The van der Waals surface area contributed by atoms with Gasteiger partial charge < -0.3 is 10.2 Å². The fraction of sp³-hybridized carbons (Fsp3) is 0.0476. The number of rotatable bonds is 2. The first-order valence-corrected chi connectivity index (χ1v) is 8.15. The zero-order valence-electron chi connectivity index (χ0n) is 14.4. The minimum atomic E-state index is 0.0568. The van der Waals surface area contributed by atoms with Crippen LogP contribution in [-0.4, -0.2) is 9.97 Å². The molecule has 2 aromatic carbocycles. The summed E-state index contributed by atoms with van der Waals surface area (Å²) in [5.41, 5.74) is 8.27. The second-order valence-corrected chi connectivity index (χ2v) is 6.00. The lowest BCUT2D eigenvalue weighted by atomic mass is 10.0. The molecular formula is C21H13N5O. The van der Waals surface area contributed by atoms with E-state index in [1.165, 1.54) is 0 Å². The van der Waals surface area contributed by atoms with Gasteiger partial charge in [-0.3, -0.25) is 0 Å². The third-order valence-corrected chi connectivity index (χ3v) is 4.25. The van der Waals surface area contributed by atoms with Gasteiger partial charge >= 0.3 is 0 Å². The second kappa shape index (κ2) is 6.29. The molecule has 0 radical (unpaired) electrons. The number of aromatic nitrogens is 2. The first-order chi connectivity index (χ1) is 13.1. The smallest absolute Gasteiger partial charge is 0.194 e. The molecule has 0 aliphatic carbocycles. The SMILES string of the molecule is [C-]#[N+]c1cccc2cc(-c3nc(C#N)c(N)nc3-c3ccc(C)o3)ccc12. The number of nitriles is 1.